The summed E-state index contributed by atoms with van der Waals surface area (Å²) < 4.78 is 17.1. The lowest BCUT2D eigenvalue weighted by molar-refractivity contribution is 0.399. The van der Waals surface area contributed by atoms with Gasteiger partial charge in [0, 0.05) is 33.8 Å². The number of phenolic OH excluding ortho intramolecular Hbond substituents is 1. The molecule has 1 aromatic heterocycles. The summed E-state index contributed by atoms with van der Waals surface area (Å²) in [6.07, 6.45) is 0.818. The minimum absolute atomic E-state index is 0.192. The largest absolute Gasteiger partial charge is 0.507 e. The van der Waals surface area contributed by atoms with Crippen molar-refractivity contribution in [1.82, 2.24) is 4.98 Å². The van der Waals surface area contributed by atoms with Crippen LogP contribution in [0.4, 0.5) is 0 Å². The Morgan fingerprint density at radius 1 is 0.806 bits per heavy atom. The summed E-state index contributed by atoms with van der Waals surface area (Å²) in [5.74, 6) is 2.24. The van der Waals surface area contributed by atoms with E-state index in [1.807, 2.05) is 38.1 Å². The topological polar surface area (TPSA) is 60.8 Å². The van der Waals surface area contributed by atoms with Crippen molar-refractivity contribution in [3.05, 3.63) is 53.3 Å². The fourth-order valence-corrected chi connectivity index (χ4v) is 4.47. The van der Waals surface area contributed by atoms with Crippen molar-refractivity contribution < 1.29 is 19.3 Å². The third-order valence-corrected chi connectivity index (χ3v) is 5.85. The number of aromatic nitrogens is 1. The number of phenols is 1. The minimum Gasteiger partial charge on any atom is -0.507 e. The summed E-state index contributed by atoms with van der Waals surface area (Å²) in [5, 5.41) is 14.3. The smallest absolute Gasteiger partial charge is 0.132 e. The molecule has 0 saturated heterocycles. The van der Waals surface area contributed by atoms with Crippen LogP contribution in [-0.4, -0.2) is 31.4 Å². The quantitative estimate of drug-likeness (QED) is 0.434. The van der Waals surface area contributed by atoms with Crippen LogP contribution in [0.5, 0.6) is 23.0 Å². The molecule has 3 aromatic carbocycles. The zero-order valence-electron chi connectivity index (χ0n) is 18.8. The summed E-state index contributed by atoms with van der Waals surface area (Å²) >= 11 is 0. The Kier molecular flexibility index (Phi) is 5.36. The van der Waals surface area contributed by atoms with E-state index in [0.29, 0.717) is 16.9 Å². The minimum atomic E-state index is 0.192. The molecule has 4 rings (SSSR count). The fourth-order valence-electron chi connectivity index (χ4n) is 4.47. The second-order valence-electron chi connectivity index (χ2n) is 7.60. The van der Waals surface area contributed by atoms with Crippen LogP contribution < -0.4 is 14.2 Å². The number of methoxy groups -OCH3 is 3. The monoisotopic (exact) mass is 417 g/mol. The van der Waals surface area contributed by atoms with Gasteiger partial charge in [0.15, 0.2) is 0 Å². The van der Waals surface area contributed by atoms with Crippen molar-refractivity contribution in [2.24, 2.45) is 0 Å². The Labute approximate surface area is 182 Å². The van der Waals surface area contributed by atoms with E-state index in [0.717, 1.165) is 56.4 Å². The van der Waals surface area contributed by atoms with Gasteiger partial charge in [-0.3, -0.25) is 4.98 Å². The Morgan fingerprint density at radius 2 is 1.52 bits per heavy atom. The average molecular weight is 418 g/mol. The molecule has 0 spiro atoms. The second-order valence-corrected chi connectivity index (χ2v) is 7.60. The third-order valence-electron chi connectivity index (χ3n) is 5.85. The van der Waals surface area contributed by atoms with E-state index < -0.39 is 0 Å². The van der Waals surface area contributed by atoms with Crippen LogP contribution in [-0.2, 0) is 6.42 Å². The summed E-state index contributed by atoms with van der Waals surface area (Å²) in [6.45, 7) is 6.10. The maximum atomic E-state index is 10.7. The molecule has 0 unspecified atom stereocenters. The number of ether oxygens (including phenoxy) is 3. The Morgan fingerprint density at radius 3 is 2.16 bits per heavy atom. The van der Waals surface area contributed by atoms with Gasteiger partial charge in [-0.1, -0.05) is 19.1 Å². The molecule has 0 atom stereocenters. The average Bonchev–Trinajstić information content (AvgIpc) is 2.77. The van der Waals surface area contributed by atoms with Crippen molar-refractivity contribution in [1.29, 1.82) is 0 Å². The molecule has 1 N–H and O–H groups in total. The molecule has 160 valence electrons. The number of benzene rings is 3. The first-order chi connectivity index (χ1) is 14.9. The van der Waals surface area contributed by atoms with Gasteiger partial charge in [0.2, 0.25) is 0 Å². The van der Waals surface area contributed by atoms with Crippen LogP contribution in [0.15, 0.2) is 36.4 Å². The highest BCUT2D eigenvalue weighted by Gasteiger charge is 2.23. The van der Waals surface area contributed by atoms with Gasteiger partial charge >= 0.3 is 0 Å². The van der Waals surface area contributed by atoms with Gasteiger partial charge in [-0.15, -0.1) is 0 Å². The molecule has 0 fully saturated rings. The van der Waals surface area contributed by atoms with E-state index in [2.05, 4.69) is 13.0 Å². The van der Waals surface area contributed by atoms with E-state index in [-0.39, 0.29) is 5.75 Å². The summed E-state index contributed by atoms with van der Waals surface area (Å²) in [4.78, 5) is 4.76. The van der Waals surface area contributed by atoms with Gasteiger partial charge in [0.1, 0.15) is 23.0 Å². The molecule has 5 nitrogen and oxygen atoms in total. The molecule has 1 heterocycles. The van der Waals surface area contributed by atoms with Gasteiger partial charge in [0.25, 0.3) is 0 Å². The van der Waals surface area contributed by atoms with Crippen molar-refractivity contribution in [2.45, 2.75) is 27.2 Å². The van der Waals surface area contributed by atoms with Gasteiger partial charge in [-0.05, 0) is 55.0 Å². The number of hydrogen-bond acceptors (Lipinski definition) is 5. The molecule has 0 bridgehead atoms. The predicted molar refractivity (Wildman–Crippen MR) is 125 cm³/mol. The van der Waals surface area contributed by atoms with Crippen LogP contribution in [0.25, 0.3) is 32.7 Å². The van der Waals surface area contributed by atoms with Gasteiger partial charge < -0.3 is 19.3 Å². The van der Waals surface area contributed by atoms with E-state index in [4.69, 9.17) is 19.2 Å². The molecule has 0 amide bonds. The number of nitrogens with zero attached hydrogens (tertiary/aromatic N) is 1. The SMILES string of the molecule is CCc1cc2c(-c3c(C)cc(O)c4c(OC)cccc34)c(OC)cc(OC)c2c(C)n1. The van der Waals surface area contributed by atoms with Crippen LogP contribution in [0, 0.1) is 13.8 Å². The maximum absolute atomic E-state index is 10.7. The summed E-state index contributed by atoms with van der Waals surface area (Å²) in [7, 11) is 4.93. The van der Waals surface area contributed by atoms with E-state index in [1.165, 1.54) is 0 Å². The lowest BCUT2D eigenvalue weighted by Crippen LogP contribution is -2.00. The first-order valence-corrected chi connectivity index (χ1v) is 10.3. The van der Waals surface area contributed by atoms with E-state index in [9.17, 15) is 5.11 Å². The van der Waals surface area contributed by atoms with Crippen LogP contribution in [0.3, 0.4) is 0 Å². The molecule has 0 aliphatic carbocycles. The number of aryl methyl sites for hydroxylation is 3. The molecular weight excluding hydrogens is 390 g/mol. The lowest BCUT2D eigenvalue weighted by Gasteiger charge is -2.21. The zero-order valence-corrected chi connectivity index (χ0v) is 18.8. The second kappa shape index (κ2) is 7.99. The highest BCUT2D eigenvalue weighted by Crippen LogP contribution is 2.49. The van der Waals surface area contributed by atoms with E-state index in [1.54, 1.807) is 27.4 Å². The first-order valence-electron chi connectivity index (χ1n) is 10.3. The van der Waals surface area contributed by atoms with Gasteiger partial charge in [0.05, 0.1) is 26.7 Å². The molecule has 31 heavy (non-hydrogen) atoms. The normalized spacial score (nSPS) is 11.2. The van der Waals surface area contributed by atoms with Crippen LogP contribution in [0.2, 0.25) is 0 Å². The van der Waals surface area contributed by atoms with E-state index >= 15 is 0 Å². The Hall–Kier alpha value is -3.47. The molecular formula is C26H27NO4. The molecule has 0 aliphatic rings. The van der Waals surface area contributed by atoms with Crippen LogP contribution >= 0.6 is 0 Å². The molecule has 0 saturated carbocycles. The fraction of sp³-hybridized carbons (Fsp3) is 0.269. The number of fused-ring (bicyclic) bond motifs is 2. The van der Waals surface area contributed by atoms with Crippen molar-refractivity contribution in [3.63, 3.8) is 0 Å². The Bertz CT molecular complexity index is 1310. The molecule has 0 radical (unpaired) electrons. The lowest BCUT2D eigenvalue weighted by atomic mass is 9.88. The van der Waals surface area contributed by atoms with Crippen LogP contribution in [0.1, 0.15) is 23.9 Å². The molecule has 5 heteroatoms. The summed E-state index contributed by atoms with van der Waals surface area (Å²) in [5.41, 5.74) is 4.79. The van der Waals surface area contributed by atoms with Crippen molar-refractivity contribution in [2.75, 3.05) is 21.3 Å². The molecule has 4 aromatic rings. The highest BCUT2D eigenvalue weighted by atomic mass is 16.5. The maximum Gasteiger partial charge on any atom is 0.132 e. The number of hydrogen-bond donors (Lipinski definition) is 1. The third kappa shape index (κ3) is 3.21. The van der Waals surface area contributed by atoms with Gasteiger partial charge in [-0.2, -0.15) is 0 Å². The van der Waals surface area contributed by atoms with Crippen molar-refractivity contribution >= 4 is 21.5 Å². The molecule has 0 aliphatic heterocycles. The highest BCUT2D eigenvalue weighted by molar-refractivity contribution is 6.13. The summed E-state index contributed by atoms with van der Waals surface area (Å²) in [6, 6.07) is 11.6. The van der Waals surface area contributed by atoms with Crippen molar-refractivity contribution in [3.8, 4) is 34.1 Å². The number of aromatic hydroxyl groups is 1. The number of rotatable bonds is 5. The zero-order chi connectivity index (χ0) is 22.3. The standard InChI is InChI=1S/C26H27NO4/c1-7-16-12-18-24(15(3)27-16)21(30-5)13-22(31-6)26(18)23-14(2)11-19(28)25-17(23)9-8-10-20(25)29-4/h8-13,28H,7H2,1-6H3. The van der Waals surface area contributed by atoms with Gasteiger partial charge in [-0.25, -0.2) is 0 Å². The predicted octanol–water partition coefficient (Wildman–Crippen LogP) is 5.97. The number of pyridine rings is 1. The Balaban J connectivity index is 2.27. The first kappa shape index (κ1) is 20.8.